The number of hydrogen-bond donors (Lipinski definition) is 0. The van der Waals surface area contributed by atoms with Crippen LogP contribution < -0.4 is 0 Å². The zero-order valence-corrected chi connectivity index (χ0v) is 12.4. The average molecular weight is 295 g/mol. The van der Waals surface area contributed by atoms with Crippen LogP contribution in [0.5, 0.6) is 0 Å². The molecule has 1 amide bonds. The minimum absolute atomic E-state index is 0.0456. The van der Waals surface area contributed by atoms with Crippen molar-refractivity contribution in [3.8, 4) is 0 Å². The molecule has 1 unspecified atom stereocenters. The number of amides is 1. The van der Waals surface area contributed by atoms with Gasteiger partial charge in [0.05, 0.1) is 12.3 Å². The molecule has 1 aliphatic rings. The number of fused-ring (bicyclic) bond motifs is 1. The van der Waals surface area contributed by atoms with Crippen LogP contribution >= 0.6 is 0 Å². The highest BCUT2D eigenvalue weighted by molar-refractivity contribution is 5.98. The van der Waals surface area contributed by atoms with Crippen molar-refractivity contribution in [3.05, 3.63) is 59.7 Å². The molecule has 22 heavy (non-hydrogen) atoms. The van der Waals surface area contributed by atoms with Crippen LogP contribution in [0.3, 0.4) is 0 Å². The van der Waals surface area contributed by atoms with Gasteiger partial charge in [0.25, 0.3) is 5.91 Å². The summed E-state index contributed by atoms with van der Waals surface area (Å²) in [7, 11) is 0. The SMILES string of the molecule is Cc1cc2cc(C(=O)N3CCCC3c3ccco3)ccc2o1. The first kappa shape index (κ1) is 13.2. The summed E-state index contributed by atoms with van der Waals surface area (Å²) in [5.41, 5.74) is 1.52. The first-order valence-corrected chi connectivity index (χ1v) is 7.57. The van der Waals surface area contributed by atoms with Crippen LogP contribution in [-0.2, 0) is 0 Å². The Morgan fingerprint density at radius 2 is 2.18 bits per heavy atom. The Labute approximate surface area is 128 Å². The van der Waals surface area contributed by atoms with E-state index in [2.05, 4.69) is 0 Å². The average Bonchev–Trinajstić information content (AvgIpc) is 3.24. The molecule has 1 fully saturated rings. The lowest BCUT2D eigenvalue weighted by molar-refractivity contribution is 0.0720. The molecule has 0 N–H and O–H groups in total. The van der Waals surface area contributed by atoms with Crippen LogP contribution in [0.2, 0.25) is 0 Å². The van der Waals surface area contributed by atoms with Gasteiger partial charge in [-0.1, -0.05) is 0 Å². The van der Waals surface area contributed by atoms with Gasteiger partial charge in [-0.15, -0.1) is 0 Å². The fraction of sp³-hybridized carbons (Fsp3) is 0.278. The number of carbonyl (C=O) groups excluding carboxylic acids is 1. The molecule has 0 aliphatic carbocycles. The summed E-state index contributed by atoms with van der Waals surface area (Å²) in [6.45, 7) is 2.68. The molecule has 112 valence electrons. The highest BCUT2D eigenvalue weighted by atomic mass is 16.3. The molecule has 4 rings (SSSR count). The highest BCUT2D eigenvalue weighted by Crippen LogP contribution is 2.33. The maximum absolute atomic E-state index is 12.9. The summed E-state index contributed by atoms with van der Waals surface area (Å²) >= 11 is 0. The standard InChI is InChI=1S/C18H17NO3/c1-12-10-14-11-13(6-7-16(14)22-12)18(20)19-8-2-4-15(19)17-5-3-9-21-17/h3,5-7,9-11,15H,2,4,8H2,1H3. The minimum Gasteiger partial charge on any atom is -0.467 e. The number of rotatable bonds is 2. The van der Waals surface area contributed by atoms with E-state index in [9.17, 15) is 4.79 Å². The summed E-state index contributed by atoms with van der Waals surface area (Å²) in [5.74, 6) is 1.78. The van der Waals surface area contributed by atoms with E-state index in [4.69, 9.17) is 8.83 Å². The van der Waals surface area contributed by atoms with Crippen LogP contribution in [0.4, 0.5) is 0 Å². The molecule has 1 aromatic carbocycles. The second-order valence-electron chi connectivity index (χ2n) is 5.78. The zero-order chi connectivity index (χ0) is 15.1. The van der Waals surface area contributed by atoms with Crippen molar-refractivity contribution in [1.29, 1.82) is 0 Å². The van der Waals surface area contributed by atoms with Crippen molar-refractivity contribution in [1.82, 2.24) is 4.90 Å². The molecule has 0 radical (unpaired) electrons. The Morgan fingerprint density at radius 3 is 3.00 bits per heavy atom. The molecule has 4 nitrogen and oxygen atoms in total. The van der Waals surface area contributed by atoms with Crippen LogP contribution in [0, 0.1) is 6.92 Å². The topological polar surface area (TPSA) is 46.6 Å². The maximum atomic E-state index is 12.9. The number of nitrogens with zero attached hydrogens (tertiary/aromatic N) is 1. The maximum Gasteiger partial charge on any atom is 0.254 e. The van der Waals surface area contributed by atoms with E-state index in [1.807, 2.05) is 48.2 Å². The Bertz CT molecular complexity index is 816. The number of benzene rings is 1. The second-order valence-corrected chi connectivity index (χ2v) is 5.78. The van der Waals surface area contributed by atoms with E-state index in [0.717, 1.165) is 41.9 Å². The third-order valence-electron chi connectivity index (χ3n) is 4.27. The third kappa shape index (κ3) is 2.11. The van der Waals surface area contributed by atoms with Crippen LogP contribution in [-0.4, -0.2) is 17.4 Å². The highest BCUT2D eigenvalue weighted by Gasteiger charge is 2.32. The monoisotopic (exact) mass is 295 g/mol. The summed E-state index contributed by atoms with van der Waals surface area (Å²) in [4.78, 5) is 14.8. The number of likely N-dealkylation sites (tertiary alicyclic amines) is 1. The van der Waals surface area contributed by atoms with E-state index < -0.39 is 0 Å². The van der Waals surface area contributed by atoms with Crippen LogP contribution in [0.25, 0.3) is 11.0 Å². The predicted octanol–water partition coefficient (Wildman–Crippen LogP) is 4.31. The van der Waals surface area contributed by atoms with E-state index in [-0.39, 0.29) is 11.9 Å². The normalized spacial score (nSPS) is 18.2. The molecule has 1 saturated heterocycles. The Balaban J connectivity index is 1.67. The lowest BCUT2D eigenvalue weighted by Gasteiger charge is -2.23. The van der Waals surface area contributed by atoms with E-state index in [1.54, 1.807) is 6.26 Å². The summed E-state index contributed by atoms with van der Waals surface area (Å²) in [6, 6.07) is 11.4. The molecule has 0 bridgehead atoms. The largest absolute Gasteiger partial charge is 0.467 e. The number of aryl methyl sites for hydroxylation is 1. The third-order valence-corrected chi connectivity index (χ3v) is 4.27. The molecule has 2 aromatic heterocycles. The lowest BCUT2D eigenvalue weighted by Crippen LogP contribution is -2.30. The Morgan fingerprint density at radius 1 is 1.27 bits per heavy atom. The molecule has 0 saturated carbocycles. The van der Waals surface area contributed by atoms with Gasteiger partial charge in [0, 0.05) is 17.5 Å². The van der Waals surface area contributed by atoms with Gasteiger partial charge in [0.15, 0.2) is 0 Å². The van der Waals surface area contributed by atoms with Crippen LogP contribution in [0.15, 0.2) is 51.5 Å². The number of furan rings is 2. The van der Waals surface area contributed by atoms with Gasteiger partial charge in [-0.3, -0.25) is 4.79 Å². The van der Waals surface area contributed by atoms with E-state index in [0.29, 0.717) is 5.56 Å². The van der Waals surface area contributed by atoms with E-state index in [1.165, 1.54) is 0 Å². The first-order chi connectivity index (χ1) is 10.7. The quantitative estimate of drug-likeness (QED) is 0.707. The smallest absolute Gasteiger partial charge is 0.254 e. The molecular weight excluding hydrogens is 278 g/mol. The Kier molecular flexibility index (Phi) is 3.03. The number of carbonyl (C=O) groups is 1. The summed E-state index contributed by atoms with van der Waals surface area (Å²) in [6.07, 6.45) is 3.62. The molecule has 0 spiro atoms. The van der Waals surface area contributed by atoms with Crippen molar-refractivity contribution in [2.24, 2.45) is 0 Å². The summed E-state index contributed by atoms with van der Waals surface area (Å²) in [5, 5.41) is 0.970. The minimum atomic E-state index is 0.0456. The van der Waals surface area contributed by atoms with Crippen molar-refractivity contribution < 1.29 is 13.6 Å². The molecule has 4 heteroatoms. The van der Waals surface area contributed by atoms with Gasteiger partial charge in [-0.2, -0.15) is 0 Å². The van der Waals surface area contributed by atoms with Crippen LogP contribution in [0.1, 0.15) is 40.8 Å². The van der Waals surface area contributed by atoms with Gasteiger partial charge >= 0.3 is 0 Å². The predicted molar refractivity (Wildman–Crippen MR) is 82.7 cm³/mol. The second kappa shape index (κ2) is 5.05. The molecule has 1 atom stereocenters. The zero-order valence-electron chi connectivity index (χ0n) is 12.4. The van der Waals surface area contributed by atoms with Crippen molar-refractivity contribution in [2.45, 2.75) is 25.8 Å². The van der Waals surface area contributed by atoms with Gasteiger partial charge in [-0.25, -0.2) is 0 Å². The number of hydrogen-bond acceptors (Lipinski definition) is 3. The lowest BCUT2D eigenvalue weighted by atomic mass is 10.1. The van der Waals surface area contributed by atoms with Crippen molar-refractivity contribution in [2.75, 3.05) is 6.54 Å². The van der Waals surface area contributed by atoms with Gasteiger partial charge in [0.2, 0.25) is 0 Å². The Hall–Kier alpha value is -2.49. The van der Waals surface area contributed by atoms with Gasteiger partial charge < -0.3 is 13.7 Å². The molecule has 1 aliphatic heterocycles. The summed E-state index contributed by atoms with van der Waals surface area (Å²) < 4.78 is 11.1. The van der Waals surface area contributed by atoms with E-state index >= 15 is 0 Å². The first-order valence-electron chi connectivity index (χ1n) is 7.57. The van der Waals surface area contributed by atoms with Crippen molar-refractivity contribution in [3.63, 3.8) is 0 Å². The van der Waals surface area contributed by atoms with Crippen molar-refractivity contribution >= 4 is 16.9 Å². The molecular formula is C18H17NO3. The van der Waals surface area contributed by atoms with Gasteiger partial charge in [-0.05, 0) is 56.2 Å². The molecule has 3 aromatic rings. The fourth-order valence-electron chi connectivity index (χ4n) is 3.26. The fourth-order valence-corrected chi connectivity index (χ4v) is 3.26. The van der Waals surface area contributed by atoms with Gasteiger partial charge in [0.1, 0.15) is 17.1 Å². The molecule has 3 heterocycles.